The second-order valence-corrected chi connectivity index (χ2v) is 6.92. The van der Waals surface area contributed by atoms with Gasteiger partial charge in [-0.3, -0.25) is 4.57 Å². The van der Waals surface area contributed by atoms with Crippen molar-refractivity contribution in [1.82, 2.24) is 14.5 Å². The molecule has 2 aliphatic heterocycles. The molecule has 1 fully saturated rings. The lowest BCUT2D eigenvalue weighted by Gasteiger charge is -2.39. The van der Waals surface area contributed by atoms with E-state index in [1.165, 1.54) is 0 Å². The highest BCUT2D eigenvalue weighted by atomic mass is 35.5. The second-order valence-electron chi connectivity index (χ2n) is 6.54. The summed E-state index contributed by atoms with van der Waals surface area (Å²) in [6.45, 7) is 5.52. The lowest BCUT2D eigenvalue weighted by atomic mass is 10.1. The SMILES string of the molecule is Cc1cc2c3c(nc(=O)n2C)N2CCN(C)CC2CNc3c1Cl. The third kappa shape index (κ3) is 2.12. The average Bonchev–Trinajstić information content (AvgIpc) is 2.67. The summed E-state index contributed by atoms with van der Waals surface area (Å²) in [5.74, 6) is 0.767. The molecule has 4 rings (SSSR count). The number of nitrogens with zero attached hydrogens (tertiary/aromatic N) is 4. The van der Waals surface area contributed by atoms with Crippen LogP contribution in [0.2, 0.25) is 5.02 Å². The normalized spacial score (nSPS) is 21.0. The first kappa shape index (κ1) is 14.8. The molecule has 0 aliphatic carbocycles. The number of rotatable bonds is 0. The number of benzene rings is 1. The van der Waals surface area contributed by atoms with Crippen molar-refractivity contribution in [2.75, 3.05) is 43.4 Å². The molecule has 6 nitrogen and oxygen atoms in total. The average molecular weight is 334 g/mol. The topological polar surface area (TPSA) is 53.4 Å². The van der Waals surface area contributed by atoms with E-state index in [0.29, 0.717) is 5.02 Å². The predicted molar refractivity (Wildman–Crippen MR) is 93.9 cm³/mol. The van der Waals surface area contributed by atoms with Crippen molar-refractivity contribution in [3.63, 3.8) is 0 Å². The van der Waals surface area contributed by atoms with Crippen LogP contribution in [0, 0.1) is 6.92 Å². The van der Waals surface area contributed by atoms with Gasteiger partial charge in [0.2, 0.25) is 0 Å². The summed E-state index contributed by atoms with van der Waals surface area (Å²) in [7, 11) is 3.89. The number of fused-ring (bicyclic) bond motifs is 2. The van der Waals surface area contributed by atoms with E-state index >= 15 is 0 Å². The number of nitrogens with one attached hydrogen (secondary N) is 1. The zero-order valence-corrected chi connectivity index (χ0v) is 14.3. The van der Waals surface area contributed by atoms with Crippen LogP contribution in [0.4, 0.5) is 11.5 Å². The highest BCUT2D eigenvalue weighted by Crippen LogP contribution is 2.40. The minimum atomic E-state index is -0.222. The van der Waals surface area contributed by atoms with Crippen molar-refractivity contribution in [3.8, 4) is 0 Å². The van der Waals surface area contributed by atoms with Gasteiger partial charge in [0.05, 0.1) is 27.7 Å². The van der Waals surface area contributed by atoms with E-state index in [1.54, 1.807) is 11.6 Å². The first-order chi connectivity index (χ1) is 11.0. The van der Waals surface area contributed by atoms with Gasteiger partial charge in [-0.15, -0.1) is 0 Å². The van der Waals surface area contributed by atoms with Crippen molar-refractivity contribution in [2.24, 2.45) is 7.05 Å². The van der Waals surface area contributed by atoms with Gasteiger partial charge in [-0.05, 0) is 25.6 Å². The van der Waals surface area contributed by atoms with Crippen LogP contribution in [-0.2, 0) is 7.05 Å². The summed E-state index contributed by atoms with van der Waals surface area (Å²) in [5, 5.41) is 5.18. The Kier molecular flexibility index (Phi) is 3.28. The van der Waals surface area contributed by atoms with Gasteiger partial charge in [0.1, 0.15) is 5.82 Å². The number of likely N-dealkylation sites (N-methyl/N-ethyl adjacent to an activating group) is 1. The van der Waals surface area contributed by atoms with Crippen LogP contribution in [0.1, 0.15) is 5.56 Å². The summed E-state index contributed by atoms with van der Waals surface area (Å²) in [5.41, 5.74) is 2.52. The fraction of sp³-hybridized carbons (Fsp3) is 0.500. The van der Waals surface area contributed by atoms with Gasteiger partial charge in [-0.2, -0.15) is 4.98 Å². The first-order valence-corrected chi connectivity index (χ1v) is 8.24. The maximum absolute atomic E-state index is 12.4. The number of halogens is 1. The molecular formula is C16H20ClN5O. The van der Waals surface area contributed by atoms with E-state index in [2.05, 4.69) is 27.1 Å². The highest BCUT2D eigenvalue weighted by molar-refractivity contribution is 6.36. The quantitative estimate of drug-likeness (QED) is 0.790. The number of hydrogen-bond donors (Lipinski definition) is 1. The van der Waals surface area contributed by atoms with Crippen molar-refractivity contribution in [2.45, 2.75) is 13.0 Å². The molecule has 0 radical (unpaired) electrons. The van der Waals surface area contributed by atoms with E-state index in [-0.39, 0.29) is 11.7 Å². The summed E-state index contributed by atoms with van der Waals surface area (Å²) in [6, 6.07) is 2.26. The fourth-order valence-electron chi connectivity index (χ4n) is 3.65. The largest absolute Gasteiger partial charge is 0.381 e. The Morgan fingerprint density at radius 3 is 2.91 bits per heavy atom. The molecule has 0 amide bonds. The highest BCUT2D eigenvalue weighted by Gasteiger charge is 2.32. The summed E-state index contributed by atoms with van der Waals surface area (Å²) in [4.78, 5) is 21.3. The molecule has 23 heavy (non-hydrogen) atoms. The summed E-state index contributed by atoms with van der Waals surface area (Å²) in [6.07, 6.45) is 0. The molecule has 2 aromatic rings. The number of aryl methyl sites for hydroxylation is 2. The smallest absolute Gasteiger partial charge is 0.349 e. The standard InChI is InChI=1S/C16H20ClN5O/c1-9-6-11-12-14(13(9)17)18-7-10-8-20(2)4-5-22(10)15(12)19-16(23)21(11)3/h6,10,18H,4-5,7-8H2,1-3H3. The number of hydrogen-bond acceptors (Lipinski definition) is 5. The van der Waals surface area contributed by atoms with Crippen LogP contribution in [0.15, 0.2) is 10.9 Å². The third-order valence-electron chi connectivity index (χ3n) is 4.97. The lowest BCUT2D eigenvalue weighted by molar-refractivity contribution is 0.272. The summed E-state index contributed by atoms with van der Waals surface area (Å²) >= 11 is 6.56. The maximum atomic E-state index is 12.4. The van der Waals surface area contributed by atoms with Gasteiger partial charge in [-0.1, -0.05) is 11.6 Å². The predicted octanol–water partition coefficient (Wildman–Crippen LogP) is 1.44. The minimum absolute atomic E-state index is 0.222. The van der Waals surface area contributed by atoms with E-state index < -0.39 is 0 Å². The molecular weight excluding hydrogens is 314 g/mol. The van der Waals surface area contributed by atoms with Gasteiger partial charge < -0.3 is 15.1 Å². The monoisotopic (exact) mass is 333 g/mol. The molecule has 1 N–H and O–H groups in total. The van der Waals surface area contributed by atoms with Crippen molar-refractivity contribution >= 4 is 34.0 Å². The molecule has 1 aromatic carbocycles. The Balaban J connectivity index is 2.06. The Morgan fingerprint density at radius 1 is 1.35 bits per heavy atom. The van der Waals surface area contributed by atoms with E-state index in [9.17, 15) is 4.79 Å². The second kappa shape index (κ2) is 5.11. The minimum Gasteiger partial charge on any atom is -0.381 e. The van der Waals surface area contributed by atoms with E-state index in [0.717, 1.165) is 54.2 Å². The van der Waals surface area contributed by atoms with Crippen molar-refractivity contribution in [3.05, 3.63) is 27.1 Å². The van der Waals surface area contributed by atoms with Crippen LogP contribution >= 0.6 is 11.6 Å². The van der Waals surface area contributed by atoms with Crippen LogP contribution in [0.25, 0.3) is 10.9 Å². The first-order valence-electron chi connectivity index (χ1n) is 7.86. The molecule has 1 aromatic heterocycles. The van der Waals surface area contributed by atoms with Crippen LogP contribution < -0.4 is 15.9 Å². The van der Waals surface area contributed by atoms with Gasteiger partial charge in [0.25, 0.3) is 0 Å². The number of piperazine rings is 1. The number of aromatic nitrogens is 2. The van der Waals surface area contributed by atoms with Crippen LogP contribution in [0.5, 0.6) is 0 Å². The van der Waals surface area contributed by atoms with Gasteiger partial charge in [0.15, 0.2) is 0 Å². The van der Waals surface area contributed by atoms with E-state index in [1.807, 2.05) is 13.0 Å². The molecule has 122 valence electrons. The molecule has 1 atom stereocenters. The lowest BCUT2D eigenvalue weighted by Crippen LogP contribution is -2.54. The van der Waals surface area contributed by atoms with E-state index in [4.69, 9.17) is 11.6 Å². The number of anilines is 2. The van der Waals surface area contributed by atoms with Crippen molar-refractivity contribution in [1.29, 1.82) is 0 Å². The zero-order chi connectivity index (χ0) is 16.3. The molecule has 0 saturated carbocycles. The molecule has 1 saturated heterocycles. The molecule has 2 aliphatic rings. The third-order valence-corrected chi connectivity index (χ3v) is 5.46. The molecule has 0 spiro atoms. The fourth-order valence-corrected chi connectivity index (χ4v) is 3.86. The van der Waals surface area contributed by atoms with Crippen molar-refractivity contribution < 1.29 is 0 Å². The summed E-state index contributed by atoms with van der Waals surface area (Å²) < 4.78 is 1.60. The van der Waals surface area contributed by atoms with Gasteiger partial charge in [0, 0.05) is 33.2 Å². The maximum Gasteiger partial charge on any atom is 0.349 e. The Labute approximate surface area is 139 Å². The van der Waals surface area contributed by atoms with Gasteiger partial charge >= 0.3 is 5.69 Å². The zero-order valence-electron chi connectivity index (χ0n) is 13.6. The molecule has 1 unspecified atom stereocenters. The molecule has 7 heteroatoms. The van der Waals surface area contributed by atoms with Crippen LogP contribution in [-0.4, -0.2) is 53.7 Å². The Hall–Kier alpha value is -1.79. The van der Waals surface area contributed by atoms with Gasteiger partial charge in [-0.25, -0.2) is 4.79 Å². The Morgan fingerprint density at radius 2 is 2.13 bits per heavy atom. The Bertz CT molecular complexity index is 862. The molecule has 0 bridgehead atoms. The van der Waals surface area contributed by atoms with Crippen LogP contribution in [0.3, 0.4) is 0 Å². The molecule has 3 heterocycles.